The predicted octanol–water partition coefficient (Wildman–Crippen LogP) is 5.35. The molecule has 0 saturated heterocycles. The highest BCUT2D eigenvalue weighted by Crippen LogP contribution is 2.36. The van der Waals surface area contributed by atoms with Crippen LogP contribution < -0.4 is 0 Å². The van der Waals surface area contributed by atoms with E-state index >= 15 is 0 Å². The van der Waals surface area contributed by atoms with Gasteiger partial charge in [0, 0.05) is 13.1 Å². The van der Waals surface area contributed by atoms with Crippen LogP contribution in [0.1, 0.15) is 22.7 Å². The monoisotopic (exact) mass is 385 g/mol. The van der Waals surface area contributed by atoms with Crippen LogP contribution in [0.2, 0.25) is 0 Å². The van der Waals surface area contributed by atoms with Gasteiger partial charge in [0.05, 0.1) is 6.04 Å². The molecule has 3 rings (SSSR count). The minimum absolute atomic E-state index is 0.280. The Hall–Kier alpha value is -2.63. The molecule has 3 aromatic rings. The summed E-state index contributed by atoms with van der Waals surface area (Å²) in [5.41, 5.74) is 2.20. The molecule has 0 unspecified atom stereocenters. The average Bonchev–Trinajstić information content (AvgIpc) is 2.70. The van der Waals surface area contributed by atoms with Crippen molar-refractivity contribution in [1.82, 2.24) is 4.90 Å². The highest BCUT2D eigenvalue weighted by Gasteiger charge is 2.46. The summed E-state index contributed by atoms with van der Waals surface area (Å²) in [5.74, 6) is 0. The van der Waals surface area contributed by atoms with Crippen LogP contribution in [0.25, 0.3) is 0 Å². The van der Waals surface area contributed by atoms with Gasteiger partial charge in [-0.05, 0) is 16.7 Å². The topological polar surface area (TPSA) is 23.5 Å². The Balaban J connectivity index is 2.01. The van der Waals surface area contributed by atoms with Gasteiger partial charge in [-0.25, -0.2) is 0 Å². The molecule has 0 aliphatic carbocycles. The van der Waals surface area contributed by atoms with E-state index in [0.717, 1.165) is 11.1 Å². The average molecular weight is 385 g/mol. The number of aliphatic hydroxyl groups is 1. The molecular weight excluding hydrogens is 363 g/mol. The summed E-state index contributed by atoms with van der Waals surface area (Å²) in [5, 5.41) is 10.3. The number of halogens is 3. The summed E-state index contributed by atoms with van der Waals surface area (Å²) in [6, 6.07) is 25.8. The van der Waals surface area contributed by atoms with Gasteiger partial charge in [0.2, 0.25) is 0 Å². The van der Waals surface area contributed by atoms with E-state index in [9.17, 15) is 18.3 Å². The second kappa shape index (κ2) is 9.04. The molecule has 0 bridgehead atoms. The second-order valence-electron chi connectivity index (χ2n) is 6.72. The molecule has 0 heterocycles. The van der Waals surface area contributed by atoms with Crippen LogP contribution in [0.3, 0.4) is 0 Å². The van der Waals surface area contributed by atoms with Crippen molar-refractivity contribution in [2.75, 3.05) is 0 Å². The first-order chi connectivity index (χ1) is 13.4. The summed E-state index contributed by atoms with van der Waals surface area (Å²) in [4.78, 5) is 1.68. The maximum absolute atomic E-state index is 13.5. The third kappa shape index (κ3) is 5.21. The number of rotatable bonds is 7. The molecule has 0 fully saturated rings. The molecule has 2 nitrogen and oxygen atoms in total. The summed E-state index contributed by atoms with van der Waals surface area (Å²) in [7, 11) is 0. The quantitative estimate of drug-likeness (QED) is 0.592. The first kappa shape index (κ1) is 20.1. The molecule has 2 atom stereocenters. The molecule has 28 heavy (non-hydrogen) atoms. The standard InChI is InChI=1S/C23H22F3NO/c24-23(25,26)22(28)21(20-14-8-3-9-15-20)27(16-18-10-4-1-5-11-18)17-19-12-6-2-7-13-19/h1-15,21-22,28H,16-17H2/t21-,22-/m1/s1. The molecule has 5 heteroatoms. The van der Waals surface area contributed by atoms with Gasteiger partial charge >= 0.3 is 6.18 Å². The lowest BCUT2D eigenvalue weighted by molar-refractivity contribution is -0.224. The maximum atomic E-state index is 13.5. The van der Waals surface area contributed by atoms with Crippen LogP contribution in [0.5, 0.6) is 0 Å². The molecule has 3 aromatic carbocycles. The number of alkyl halides is 3. The second-order valence-corrected chi connectivity index (χ2v) is 6.72. The van der Waals surface area contributed by atoms with Gasteiger partial charge in [0.1, 0.15) is 0 Å². The van der Waals surface area contributed by atoms with Gasteiger partial charge in [0.25, 0.3) is 0 Å². The predicted molar refractivity (Wildman–Crippen MR) is 103 cm³/mol. The first-order valence-corrected chi connectivity index (χ1v) is 9.07. The van der Waals surface area contributed by atoms with Gasteiger partial charge in [-0.15, -0.1) is 0 Å². The molecule has 0 saturated carbocycles. The Kier molecular flexibility index (Phi) is 6.49. The van der Waals surface area contributed by atoms with E-state index in [0.29, 0.717) is 5.56 Å². The molecule has 0 aromatic heterocycles. The summed E-state index contributed by atoms with van der Waals surface area (Å²) in [6.45, 7) is 0.560. The zero-order valence-corrected chi connectivity index (χ0v) is 15.3. The van der Waals surface area contributed by atoms with Crippen molar-refractivity contribution in [3.63, 3.8) is 0 Å². The fraction of sp³-hybridized carbons (Fsp3) is 0.217. The van der Waals surface area contributed by atoms with Crippen molar-refractivity contribution in [3.05, 3.63) is 108 Å². The van der Waals surface area contributed by atoms with Gasteiger partial charge in [0.15, 0.2) is 6.10 Å². The fourth-order valence-electron chi connectivity index (χ4n) is 3.31. The van der Waals surface area contributed by atoms with Crippen LogP contribution in [0.4, 0.5) is 13.2 Å². The number of hydrogen-bond acceptors (Lipinski definition) is 2. The molecule has 0 aliphatic rings. The number of hydrogen-bond donors (Lipinski definition) is 1. The SMILES string of the molecule is O[C@H]([C@@H](c1ccccc1)N(Cc1ccccc1)Cc1ccccc1)C(F)(F)F. The van der Waals surface area contributed by atoms with Gasteiger partial charge in [-0.1, -0.05) is 91.0 Å². The lowest BCUT2D eigenvalue weighted by Gasteiger charge is -2.36. The smallest absolute Gasteiger partial charge is 0.382 e. The summed E-state index contributed by atoms with van der Waals surface area (Å²) < 4.78 is 40.6. The van der Waals surface area contributed by atoms with Crippen molar-refractivity contribution < 1.29 is 18.3 Å². The Morgan fingerprint density at radius 1 is 0.679 bits per heavy atom. The van der Waals surface area contributed by atoms with E-state index in [2.05, 4.69) is 0 Å². The Morgan fingerprint density at radius 3 is 1.46 bits per heavy atom. The lowest BCUT2D eigenvalue weighted by atomic mass is 9.97. The van der Waals surface area contributed by atoms with Crippen molar-refractivity contribution in [1.29, 1.82) is 0 Å². The largest absolute Gasteiger partial charge is 0.416 e. The Labute approximate surface area is 162 Å². The molecule has 0 spiro atoms. The third-order valence-corrected chi connectivity index (χ3v) is 4.63. The van der Waals surface area contributed by atoms with Crippen molar-refractivity contribution in [2.45, 2.75) is 31.4 Å². The highest BCUT2D eigenvalue weighted by molar-refractivity contribution is 5.24. The van der Waals surface area contributed by atoms with Crippen LogP contribution >= 0.6 is 0 Å². The molecule has 146 valence electrons. The zero-order valence-electron chi connectivity index (χ0n) is 15.3. The summed E-state index contributed by atoms with van der Waals surface area (Å²) >= 11 is 0. The van der Waals surface area contributed by atoms with E-state index in [4.69, 9.17) is 0 Å². The van der Waals surface area contributed by atoms with E-state index in [1.165, 1.54) is 0 Å². The number of aliphatic hydroxyl groups excluding tert-OH is 1. The van der Waals surface area contributed by atoms with Crippen LogP contribution in [0.15, 0.2) is 91.0 Å². The lowest BCUT2D eigenvalue weighted by Crippen LogP contribution is -2.43. The Morgan fingerprint density at radius 2 is 1.07 bits per heavy atom. The molecule has 0 amide bonds. The normalized spacial score (nSPS) is 14.0. The third-order valence-electron chi connectivity index (χ3n) is 4.63. The maximum Gasteiger partial charge on any atom is 0.416 e. The van der Waals surface area contributed by atoms with Crippen molar-refractivity contribution in [2.24, 2.45) is 0 Å². The molecule has 1 N–H and O–H groups in total. The Bertz CT molecular complexity index is 796. The van der Waals surface area contributed by atoms with Crippen LogP contribution in [-0.4, -0.2) is 22.3 Å². The van der Waals surface area contributed by atoms with Crippen LogP contribution in [-0.2, 0) is 13.1 Å². The molecular formula is C23H22F3NO. The highest BCUT2D eigenvalue weighted by atomic mass is 19.4. The van der Waals surface area contributed by atoms with Gasteiger partial charge < -0.3 is 5.11 Å². The van der Waals surface area contributed by atoms with E-state index in [1.54, 1.807) is 35.2 Å². The number of nitrogens with zero attached hydrogens (tertiary/aromatic N) is 1. The van der Waals surface area contributed by atoms with E-state index < -0.39 is 18.3 Å². The minimum Gasteiger partial charge on any atom is -0.382 e. The van der Waals surface area contributed by atoms with Crippen molar-refractivity contribution in [3.8, 4) is 0 Å². The molecule has 0 radical (unpaired) electrons. The van der Waals surface area contributed by atoms with Crippen LogP contribution in [0, 0.1) is 0 Å². The number of benzene rings is 3. The van der Waals surface area contributed by atoms with Gasteiger partial charge in [-0.3, -0.25) is 4.90 Å². The molecule has 0 aliphatic heterocycles. The summed E-state index contributed by atoms with van der Waals surface area (Å²) in [6.07, 6.45) is -7.23. The minimum atomic E-state index is -4.73. The first-order valence-electron chi connectivity index (χ1n) is 9.07. The van der Waals surface area contributed by atoms with E-state index in [1.807, 2.05) is 60.7 Å². The van der Waals surface area contributed by atoms with E-state index in [-0.39, 0.29) is 13.1 Å². The van der Waals surface area contributed by atoms with Crippen molar-refractivity contribution >= 4 is 0 Å². The zero-order chi connectivity index (χ0) is 20.0. The van der Waals surface area contributed by atoms with Gasteiger partial charge in [-0.2, -0.15) is 13.2 Å². The fourth-order valence-corrected chi connectivity index (χ4v) is 3.31.